The Balaban J connectivity index is 2.33. The van der Waals surface area contributed by atoms with E-state index in [1.165, 1.54) is 12.1 Å². The Hall–Kier alpha value is -2.19. The maximum atomic E-state index is 12.9. The number of rotatable bonds is 7. The minimum atomic E-state index is -4.43. The van der Waals surface area contributed by atoms with Gasteiger partial charge in [-0.2, -0.15) is 8.78 Å². The molecule has 0 bridgehead atoms. The van der Waals surface area contributed by atoms with Crippen molar-refractivity contribution in [2.75, 3.05) is 11.9 Å². The zero-order valence-electron chi connectivity index (χ0n) is 11.1. The van der Waals surface area contributed by atoms with E-state index in [1.54, 1.807) is 0 Å². The summed E-state index contributed by atoms with van der Waals surface area (Å²) in [5, 5.41) is 2.27. The molecule has 0 atom stereocenters. The molecule has 0 aliphatic rings. The normalized spacial score (nSPS) is 11.4. The summed E-state index contributed by atoms with van der Waals surface area (Å²) in [4.78, 5) is 22.5. The van der Waals surface area contributed by atoms with Crippen LogP contribution in [0, 0.1) is 5.82 Å². The van der Waals surface area contributed by atoms with E-state index in [0.717, 1.165) is 12.1 Å². The maximum absolute atomic E-state index is 12.9. The van der Waals surface area contributed by atoms with Crippen molar-refractivity contribution in [1.29, 1.82) is 0 Å². The molecule has 9 heteroatoms. The second-order valence-electron chi connectivity index (χ2n) is 4.28. The first-order valence-electron chi connectivity index (χ1n) is 6.08. The average Bonchev–Trinajstić information content (AvgIpc) is 2.43. The van der Waals surface area contributed by atoms with Crippen LogP contribution < -0.4 is 5.32 Å². The molecule has 0 aliphatic carbocycles. The monoisotopic (exact) mass is 325 g/mol. The van der Waals surface area contributed by atoms with Gasteiger partial charge in [0.25, 0.3) is 0 Å². The zero-order chi connectivity index (χ0) is 16.8. The number of anilines is 1. The van der Waals surface area contributed by atoms with E-state index >= 15 is 0 Å². The Morgan fingerprint density at radius 3 is 2.50 bits per heavy atom. The maximum Gasteiger partial charge on any atom is 0.340 e. The van der Waals surface area contributed by atoms with Crippen molar-refractivity contribution < 1.29 is 36.3 Å². The zero-order valence-corrected chi connectivity index (χ0v) is 11.1. The molecular weight excluding hydrogens is 313 g/mol. The first-order chi connectivity index (χ1) is 10.2. The Morgan fingerprint density at radius 1 is 1.23 bits per heavy atom. The number of hydrogen-bond donors (Lipinski definition) is 1. The molecule has 0 aromatic heterocycles. The van der Waals surface area contributed by atoms with Crippen LogP contribution in [0.1, 0.15) is 12.8 Å². The number of halogens is 5. The molecule has 1 aromatic rings. The van der Waals surface area contributed by atoms with Crippen LogP contribution >= 0.6 is 0 Å². The minimum Gasteiger partial charge on any atom is -0.459 e. The smallest absolute Gasteiger partial charge is 0.340 e. The molecule has 4 nitrogen and oxygen atoms in total. The van der Waals surface area contributed by atoms with Crippen molar-refractivity contribution in [2.24, 2.45) is 0 Å². The van der Waals surface area contributed by atoms with Crippen LogP contribution in [0.25, 0.3) is 0 Å². The first-order valence-corrected chi connectivity index (χ1v) is 6.08. The number of ether oxygens (including phenoxy) is 1. The standard InChI is InChI=1S/C13H12F5NO3/c14-8-2-1-3-9(6-8)19-10(20)4-5-11(21)22-7-13(17,18)12(15)16/h1-3,6,12H,4-5,7H2,(H,19,20). The lowest BCUT2D eigenvalue weighted by atomic mass is 10.2. The highest BCUT2D eigenvalue weighted by molar-refractivity contribution is 5.92. The number of esters is 1. The van der Waals surface area contributed by atoms with Crippen molar-refractivity contribution in [3.63, 3.8) is 0 Å². The Bertz CT molecular complexity index is 536. The molecule has 0 radical (unpaired) electrons. The highest BCUT2D eigenvalue weighted by Gasteiger charge is 2.42. The predicted molar refractivity (Wildman–Crippen MR) is 66.2 cm³/mol. The Kier molecular flexibility index (Phi) is 6.26. The van der Waals surface area contributed by atoms with E-state index in [2.05, 4.69) is 10.1 Å². The quantitative estimate of drug-likeness (QED) is 0.619. The Labute approximate surface area is 122 Å². The van der Waals surface area contributed by atoms with Gasteiger partial charge in [-0.1, -0.05) is 6.07 Å². The third-order valence-electron chi connectivity index (χ3n) is 2.41. The lowest BCUT2D eigenvalue weighted by Gasteiger charge is -2.14. The lowest BCUT2D eigenvalue weighted by molar-refractivity contribution is -0.179. The molecule has 122 valence electrons. The van der Waals surface area contributed by atoms with Crippen molar-refractivity contribution in [2.45, 2.75) is 25.2 Å². The van der Waals surface area contributed by atoms with Crippen LogP contribution in [0.3, 0.4) is 0 Å². The summed E-state index contributed by atoms with van der Waals surface area (Å²) in [6.45, 7) is -1.75. The van der Waals surface area contributed by atoms with Crippen molar-refractivity contribution in [3.05, 3.63) is 30.1 Å². The molecule has 0 aliphatic heterocycles. The van der Waals surface area contributed by atoms with Gasteiger partial charge < -0.3 is 10.1 Å². The minimum absolute atomic E-state index is 0.155. The summed E-state index contributed by atoms with van der Waals surface area (Å²) in [6, 6.07) is 4.96. The third-order valence-corrected chi connectivity index (χ3v) is 2.41. The topological polar surface area (TPSA) is 55.4 Å². The summed E-state index contributed by atoms with van der Waals surface area (Å²) in [6.07, 6.45) is -4.94. The van der Waals surface area contributed by atoms with Crippen LogP contribution in [-0.4, -0.2) is 30.8 Å². The number of alkyl halides is 4. The van der Waals surface area contributed by atoms with Gasteiger partial charge in [0.15, 0.2) is 6.61 Å². The van der Waals surface area contributed by atoms with Gasteiger partial charge >= 0.3 is 18.3 Å². The van der Waals surface area contributed by atoms with Crippen LogP contribution in [-0.2, 0) is 14.3 Å². The number of hydrogen-bond acceptors (Lipinski definition) is 3. The lowest BCUT2D eigenvalue weighted by Crippen LogP contribution is -2.33. The van der Waals surface area contributed by atoms with Crippen LogP contribution in [0.15, 0.2) is 24.3 Å². The van der Waals surface area contributed by atoms with Gasteiger partial charge in [0, 0.05) is 12.1 Å². The summed E-state index contributed by atoms with van der Waals surface area (Å²) in [5.41, 5.74) is 0.155. The highest BCUT2D eigenvalue weighted by Crippen LogP contribution is 2.23. The molecular formula is C13H12F5NO3. The second-order valence-corrected chi connectivity index (χ2v) is 4.28. The van der Waals surface area contributed by atoms with Gasteiger partial charge in [0.2, 0.25) is 5.91 Å². The van der Waals surface area contributed by atoms with Crippen molar-refractivity contribution >= 4 is 17.6 Å². The molecule has 1 N–H and O–H groups in total. The van der Waals surface area contributed by atoms with Crippen molar-refractivity contribution in [1.82, 2.24) is 0 Å². The van der Waals surface area contributed by atoms with Gasteiger partial charge in [0.1, 0.15) is 5.82 Å². The third kappa shape index (κ3) is 6.06. The molecule has 0 spiro atoms. The predicted octanol–water partition coefficient (Wildman–Crippen LogP) is 2.99. The summed E-state index contributed by atoms with van der Waals surface area (Å²) in [7, 11) is 0. The summed E-state index contributed by atoms with van der Waals surface area (Å²) in [5.74, 6) is -6.90. The van der Waals surface area contributed by atoms with Gasteiger partial charge in [-0.25, -0.2) is 13.2 Å². The molecule has 0 saturated carbocycles. The second kappa shape index (κ2) is 7.71. The molecule has 0 saturated heterocycles. The molecule has 1 amide bonds. The highest BCUT2D eigenvalue weighted by atomic mass is 19.3. The van der Waals surface area contributed by atoms with Crippen LogP contribution in [0.4, 0.5) is 27.6 Å². The van der Waals surface area contributed by atoms with E-state index in [1.807, 2.05) is 0 Å². The van der Waals surface area contributed by atoms with Gasteiger partial charge in [0.05, 0.1) is 6.42 Å². The summed E-state index contributed by atoms with van der Waals surface area (Å²) >= 11 is 0. The number of benzene rings is 1. The van der Waals surface area contributed by atoms with E-state index in [9.17, 15) is 31.5 Å². The van der Waals surface area contributed by atoms with Gasteiger partial charge in [-0.15, -0.1) is 0 Å². The van der Waals surface area contributed by atoms with E-state index < -0.39 is 49.5 Å². The number of nitrogens with one attached hydrogen (secondary N) is 1. The molecule has 1 aromatic carbocycles. The fraction of sp³-hybridized carbons (Fsp3) is 0.385. The fourth-order valence-corrected chi connectivity index (χ4v) is 1.32. The molecule has 1 rings (SSSR count). The van der Waals surface area contributed by atoms with Gasteiger partial charge in [-0.05, 0) is 18.2 Å². The van der Waals surface area contributed by atoms with Crippen molar-refractivity contribution in [3.8, 4) is 0 Å². The molecule has 22 heavy (non-hydrogen) atoms. The molecule has 0 heterocycles. The van der Waals surface area contributed by atoms with Crippen LogP contribution in [0.5, 0.6) is 0 Å². The summed E-state index contributed by atoms with van der Waals surface area (Å²) < 4.78 is 65.4. The van der Waals surface area contributed by atoms with E-state index in [-0.39, 0.29) is 5.69 Å². The van der Waals surface area contributed by atoms with Crippen LogP contribution in [0.2, 0.25) is 0 Å². The van der Waals surface area contributed by atoms with Gasteiger partial charge in [-0.3, -0.25) is 9.59 Å². The Morgan fingerprint density at radius 2 is 1.91 bits per heavy atom. The number of amides is 1. The number of carbonyl (C=O) groups excluding carboxylic acids is 2. The average molecular weight is 325 g/mol. The van der Waals surface area contributed by atoms with E-state index in [0.29, 0.717) is 0 Å². The first kappa shape index (κ1) is 17.9. The SMILES string of the molecule is O=C(CCC(=O)OCC(F)(F)C(F)F)Nc1cccc(F)c1. The molecule has 0 unspecified atom stereocenters. The fourth-order valence-electron chi connectivity index (χ4n) is 1.32. The van der Waals surface area contributed by atoms with E-state index in [4.69, 9.17) is 0 Å². The number of carbonyl (C=O) groups is 2. The largest absolute Gasteiger partial charge is 0.459 e. The molecule has 0 fully saturated rings.